The van der Waals surface area contributed by atoms with E-state index in [1.807, 2.05) is 30.3 Å². The molecule has 2 aromatic carbocycles. The van der Waals surface area contributed by atoms with Crippen LogP contribution in [0.1, 0.15) is 10.9 Å². The van der Waals surface area contributed by atoms with E-state index in [1.54, 1.807) is 24.3 Å². The number of nitrogens with one attached hydrogen (secondary N) is 1. The molecule has 0 unspecified atom stereocenters. The van der Waals surface area contributed by atoms with E-state index in [0.29, 0.717) is 10.7 Å². The minimum Gasteiger partial charge on any atom is -0.325 e. The number of hydrogen-bond donors (Lipinski definition) is 1. The van der Waals surface area contributed by atoms with E-state index in [4.69, 9.17) is 23.2 Å². The van der Waals surface area contributed by atoms with Crippen molar-refractivity contribution in [3.63, 3.8) is 0 Å². The van der Waals surface area contributed by atoms with Gasteiger partial charge in [-0.3, -0.25) is 4.79 Å². The van der Waals surface area contributed by atoms with Gasteiger partial charge < -0.3 is 5.32 Å². The fraction of sp³-hybridized carbons (Fsp3) is 0.0714. The van der Waals surface area contributed by atoms with Crippen LogP contribution in [0.25, 0.3) is 0 Å². The van der Waals surface area contributed by atoms with E-state index in [0.717, 1.165) is 5.56 Å². The predicted molar refractivity (Wildman–Crippen MR) is 75.1 cm³/mol. The molecule has 0 radical (unpaired) electrons. The fourth-order valence-electron chi connectivity index (χ4n) is 1.51. The lowest BCUT2D eigenvalue weighted by Gasteiger charge is -2.10. The molecule has 0 aliphatic heterocycles. The largest absolute Gasteiger partial charge is 0.325 e. The van der Waals surface area contributed by atoms with Crippen LogP contribution in [-0.4, -0.2) is 5.91 Å². The molecule has 0 saturated heterocycles. The number of carbonyl (C=O) groups is 1. The van der Waals surface area contributed by atoms with Crippen molar-refractivity contribution in [3.8, 4) is 0 Å². The van der Waals surface area contributed by atoms with Crippen LogP contribution < -0.4 is 5.32 Å². The summed E-state index contributed by atoms with van der Waals surface area (Å²) in [6.07, 6.45) is 0. The Morgan fingerprint density at radius 3 is 2.22 bits per heavy atom. The first kappa shape index (κ1) is 12.9. The molecule has 2 aromatic rings. The molecular formula is C14H11Cl2NO. The fourth-order valence-corrected chi connectivity index (χ4v) is 1.84. The lowest BCUT2D eigenvalue weighted by Crippen LogP contribution is -2.17. The van der Waals surface area contributed by atoms with Gasteiger partial charge in [-0.25, -0.2) is 0 Å². The lowest BCUT2D eigenvalue weighted by atomic mass is 10.1. The summed E-state index contributed by atoms with van der Waals surface area (Å²) in [6.45, 7) is 0. The summed E-state index contributed by atoms with van der Waals surface area (Å²) in [7, 11) is 0. The Balaban J connectivity index is 2.06. The predicted octanol–water partition coefficient (Wildman–Crippen LogP) is 4.26. The number of hydrogen-bond acceptors (Lipinski definition) is 1. The first-order chi connectivity index (χ1) is 8.66. The highest BCUT2D eigenvalue weighted by atomic mass is 35.5. The third-order valence-electron chi connectivity index (χ3n) is 2.43. The highest BCUT2D eigenvalue weighted by Gasteiger charge is 2.17. The minimum absolute atomic E-state index is 0.259. The van der Waals surface area contributed by atoms with Crippen LogP contribution in [0.5, 0.6) is 0 Å². The third-order valence-corrected chi connectivity index (χ3v) is 3.14. The van der Waals surface area contributed by atoms with Gasteiger partial charge in [0.25, 0.3) is 0 Å². The Morgan fingerprint density at radius 1 is 1.00 bits per heavy atom. The zero-order valence-electron chi connectivity index (χ0n) is 9.44. The highest BCUT2D eigenvalue weighted by Crippen LogP contribution is 2.22. The Hall–Kier alpha value is -1.51. The van der Waals surface area contributed by atoms with Gasteiger partial charge in [0, 0.05) is 10.7 Å². The van der Waals surface area contributed by atoms with Crippen molar-refractivity contribution in [3.05, 3.63) is 65.2 Å². The van der Waals surface area contributed by atoms with Crippen LogP contribution in [0.2, 0.25) is 5.02 Å². The zero-order chi connectivity index (χ0) is 13.0. The average molecular weight is 280 g/mol. The SMILES string of the molecule is O=C(Nc1ccc(Cl)cc1)[C@H](Cl)c1ccccc1. The van der Waals surface area contributed by atoms with Crippen molar-refractivity contribution in [1.29, 1.82) is 0 Å². The first-order valence-corrected chi connectivity index (χ1v) is 6.24. The second-order valence-electron chi connectivity index (χ2n) is 3.77. The average Bonchev–Trinajstić information content (AvgIpc) is 2.41. The second kappa shape index (κ2) is 5.89. The van der Waals surface area contributed by atoms with E-state index in [1.165, 1.54) is 0 Å². The van der Waals surface area contributed by atoms with Crippen molar-refractivity contribution in [1.82, 2.24) is 0 Å². The molecule has 0 heterocycles. The third kappa shape index (κ3) is 3.25. The van der Waals surface area contributed by atoms with E-state index in [2.05, 4.69) is 5.32 Å². The van der Waals surface area contributed by atoms with Crippen LogP contribution in [0.3, 0.4) is 0 Å². The van der Waals surface area contributed by atoms with Gasteiger partial charge in [-0.1, -0.05) is 41.9 Å². The Bertz CT molecular complexity index is 525. The summed E-state index contributed by atoms with van der Waals surface area (Å²) >= 11 is 11.9. The second-order valence-corrected chi connectivity index (χ2v) is 4.64. The smallest absolute Gasteiger partial charge is 0.246 e. The molecule has 0 bridgehead atoms. The molecule has 2 rings (SSSR count). The van der Waals surface area contributed by atoms with Gasteiger partial charge in [0.1, 0.15) is 5.38 Å². The number of benzene rings is 2. The first-order valence-electron chi connectivity index (χ1n) is 5.42. The summed E-state index contributed by atoms with van der Waals surface area (Å²) in [6, 6.07) is 16.1. The van der Waals surface area contributed by atoms with Gasteiger partial charge in [0.15, 0.2) is 0 Å². The Labute approximate surface area is 116 Å². The van der Waals surface area contributed by atoms with Crippen molar-refractivity contribution in [2.45, 2.75) is 5.38 Å². The standard InChI is InChI=1S/C14H11Cl2NO/c15-11-6-8-12(9-7-11)17-14(18)13(16)10-4-2-1-3-5-10/h1-9,13H,(H,17,18)/t13-/m1/s1. The molecule has 4 heteroatoms. The quantitative estimate of drug-likeness (QED) is 0.836. The Kier molecular flexibility index (Phi) is 4.24. The van der Waals surface area contributed by atoms with Gasteiger partial charge in [-0.05, 0) is 29.8 Å². The van der Waals surface area contributed by atoms with Crippen molar-refractivity contribution < 1.29 is 4.79 Å². The maximum Gasteiger partial charge on any atom is 0.246 e. The monoisotopic (exact) mass is 279 g/mol. The molecule has 0 aliphatic rings. The number of amides is 1. The molecule has 1 atom stereocenters. The summed E-state index contributed by atoms with van der Waals surface area (Å²) in [5.74, 6) is -0.259. The highest BCUT2D eigenvalue weighted by molar-refractivity contribution is 6.32. The van der Waals surface area contributed by atoms with Crippen LogP contribution in [0.15, 0.2) is 54.6 Å². The van der Waals surface area contributed by atoms with E-state index < -0.39 is 5.38 Å². The summed E-state index contributed by atoms with van der Waals surface area (Å²) < 4.78 is 0. The molecule has 92 valence electrons. The van der Waals surface area contributed by atoms with Crippen LogP contribution in [0, 0.1) is 0 Å². The minimum atomic E-state index is -0.707. The van der Waals surface area contributed by atoms with E-state index in [-0.39, 0.29) is 5.91 Å². The molecule has 0 spiro atoms. The maximum absolute atomic E-state index is 11.9. The molecule has 18 heavy (non-hydrogen) atoms. The summed E-state index contributed by atoms with van der Waals surface area (Å²) in [5.41, 5.74) is 1.44. The number of halogens is 2. The van der Waals surface area contributed by atoms with Crippen molar-refractivity contribution >= 4 is 34.8 Å². The molecular weight excluding hydrogens is 269 g/mol. The van der Waals surface area contributed by atoms with Gasteiger partial charge in [-0.2, -0.15) is 0 Å². The zero-order valence-corrected chi connectivity index (χ0v) is 10.9. The normalized spacial score (nSPS) is 11.9. The van der Waals surface area contributed by atoms with Gasteiger partial charge >= 0.3 is 0 Å². The van der Waals surface area contributed by atoms with E-state index >= 15 is 0 Å². The number of alkyl halides is 1. The van der Waals surface area contributed by atoms with Gasteiger partial charge in [-0.15, -0.1) is 11.6 Å². The molecule has 0 aromatic heterocycles. The summed E-state index contributed by atoms with van der Waals surface area (Å²) in [4.78, 5) is 11.9. The molecule has 1 N–H and O–H groups in total. The molecule has 0 fully saturated rings. The lowest BCUT2D eigenvalue weighted by molar-refractivity contribution is -0.116. The van der Waals surface area contributed by atoms with Gasteiger partial charge in [0.05, 0.1) is 0 Å². The van der Waals surface area contributed by atoms with Crippen molar-refractivity contribution in [2.24, 2.45) is 0 Å². The van der Waals surface area contributed by atoms with Gasteiger partial charge in [0.2, 0.25) is 5.91 Å². The molecule has 2 nitrogen and oxygen atoms in total. The number of anilines is 1. The van der Waals surface area contributed by atoms with Crippen molar-refractivity contribution in [2.75, 3.05) is 5.32 Å². The van der Waals surface area contributed by atoms with E-state index in [9.17, 15) is 4.79 Å². The van der Waals surface area contributed by atoms with Crippen LogP contribution in [0.4, 0.5) is 5.69 Å². The summed E-state index contributed by atoms with van der Waals surface area (Å²) in [5, 5.41) is 2.65. The Morgan fingerprint density at radius 2 is 1.61 bits per heavy atom. The topological polar surface area (TPSA) is 29.1 Å². The van der Waals surface area contributed by atoms with Crippen LogP contribution in [-0.2, 0) is 4.79 Å². The maximum atomic E-state index is 11.9. The number of rotatable bonds is 3. The molecule has 0 saturated carbocycles. The van der Waals surface area contributed by atoms with Crippen LogP contribution >= 0.6 is 23.2 Å². The number of carbonyl (C=O) groups excluding carboxylic acids is 1. The molecule has 0 aliphatic carbocycles. The molecule has 1 amide bonds.